The van der Waals surface area contributed by atoms with E-state index in [9.17, 15) is 9.59 Å². The number of carbonyl (C=O) groups excluding carboxylic acids is 2. The average Bonchev–Trinajstić information content (AvgIpc) is 3.19. The fourth-order valence-electron chi connectivity index (χ4n) is 1.85. The van der Waals surface area contributed by atoms with Crippen LogP contribution < -0.4 is 10.1 Å². The Balaban J connectivity index is 1.68. The van der Waals surface area contributed by atoms with Crippen LogP contribution in [0.3, 0.4) is 0 Å². The molecule has 0 spiro atoms. The first-order chi connectivity index (χ1) is 11.1. The number of hydrogen-bond acceptors (Lipinski definition) is 6. The number of rotatable bonds is 4. The summed E-state index contributed by atoms with van der Waals surface area (Å²) < 4.78 is 5.29. The molecule has 0 saturated carbocycles. The molecule has 1 N–H and O–H groups in total. The Hall–Kier alpha value is -2.51. The van der Waals surface area contributed by atoms with Gasteiger partial charge in [-0.2, -0.15) is 0 Å². The first-order valence-electron chi connectivity index (χ1n) is 6.71. The van der Waals surface area contributed by atoms with E-state index in [0.717, 1.165) is 9.88 Å². The number of thiazole rings is 1. The van der Waals surface area contributed by atoms with Crippen LogP contribution in [0.5, 0.6) is 5.75 Å². The standard InChI is InChI=1S/C16H12N2O3S2/c1-10(19)17-11-4-6-12(7-5-11)21-16(20)13-9-23-15(18-13)14-3-2-8-22-14/h2-9H,1H3,(H,17,19). The van der Waals surface area contributed by atoms with Crippen LogP contribution in [0.15, 0.2) is 47.2 Å². The molecule has 0 aliphatic carbocycles. The fraction of sp³-hybridized carbons (Fsp3) is 0.0625. The van der Waals surface area contributed by atoms with E-state index in [1.165, 1.54) is 18.3 Å². The van der Waals surface area contributed by atoms with E-state index in [4.69, 9.17) is 4.74 Å². The van der Waals surface area contributed by atoms with E-state index in [0.29, 0.717) is 11.4 Å². The highest BCUT2D eigenvalue weighted by molar-refractivity contribution is 7.20. The molecule has 0 aliphatic rings. The second-order valence-electron chi connectivity index (χ2n) is 4.61. The quantitative estimate of drug-likeness (QED) is 0.573. The van der Waals surface area contributed by atoms with Crippen molar-refractivity contribution in [2.24, 2.45) is 0 Å². The van der Waals surface area contributed by atoms with Gasteiger partial charge >= 0.3 is 5.97 Å². The van der Waals surface area contributed by atoms with Gasteiger partial charge in [-0.3, -0.25) is 4.79 Å². The monoisotopic (exact) mass is 344 g/mol. The summed E-state index contributed by atoms with van der Waals surface area (Å²) in [5, 5.41) is 7.09. The lowest BCUT2D eigenvalue weighted by Crippen LogP contribution is -2.09. The Morgan fingerprint density at radius 1 is 1.13 bits per heavy atom. The lowest BCUT2D eigenvalue weighted by atomic mass is 10.3. The van der Waals surface area contributed by atoms with E-state index in [1.807, 2.05) is 17.5 Å². The zero-order valence-electron chi connectivity index (χ0n) is 12.1. The smallest absolute Gasteiger partial charge is 0.363 e. The molecule has 0 bridgehead atoms. The second kappa shape index (κ2) is 6.72. The SMILES string of the molecule is CC(=O)Nc1ccc(OC(=O)c2csc(-c3cccs3)n2)cc1. The van der Waals surface area contributed by atoms with Gasteiger partial charge in [-0.05, 0) is 35.7 Å². The minimum atomic E-state index is -0.503. The Morgan fingerprint density at radius 3 is 2.57 bits per heavy atom. The van der Waals surface area contributed by atoms with Gasteiger partial charge in [0.2, 0.25) is 5.91 Å². The summed E-state index contributed by atoms with van der Waals surface area (Å²) in [6, 6.07) is 10.5. The number of amides is 1. The van der Waals surface area contributed by atoms with Gasteiger partial charge in [-0.25, -0.2) is 9.78 Å². The van der Waals surface area contributed by atoms with E-state index >= 15 is 0 Å². The van der Waals surface area contributed by atoms with Gasteiger partial charge in [0.15, 0.2) is 5.69 Å². The fourth-order valence-corrected chi connectivity index (χ4v) is 3.45. The van der Waals surface area contributed by atoms with E-state index in [2.05, 4.69) is 10.3 Å². The van der Waals surface area contributed by atoms with Crippen molar-refractivity contribution in [3.8, 4) is 15.6 Å². The van der Waals surface area contributed by atoms with Crippen molar-refractivity contribution in [1.29, 1.82) is 0 Å². The van der Waals surface area contributed by atoms with Gasteiger partial charge in [0.25, 0.3) is 0 Å². The highest BCUT2D eigenvalue weighted by atomic mass is 32.1. The van der Waals surface area contributed by atoms with Crippen molar-refractivity contribution in [1.82, 2.24) is 4.98 Å². The van der Waals surface area contributed by atoms with Gasteiger partial charge in [-0.15, -0.1) is 22.7 Å². The van der Waals surface area contributed by atoms with Crippen LogP contribution in [0, 0.1) is 0 Å². The molecule has 2 aromatic heterocycles. The zero-order chi connectivity index (χ0) is 16.2. The number of carbonyl (C=O) groups is 2. The van der Waals surface area contributed by atoms with Crippen LogP contribution in [0.1, 0.15) is 17.4 Å². The Labute approximate surface area is 140 Å². The zero-order valence-corrected chi connectivity index (χ0v) is 13.7. The molecule has 116 valence electrons. The van der Waals surface area contributed by atoms with Gasteiger partial charge < -0.3 is 10.1 Å². The molecule has 0 saturated heterocycles. The summed E-state index contributed by atoms with van der Waals surface area (Å²) in [5.41, 5.74) is 0.926. The maximum absolute atomic E-state index is 12.1. The van der Waals surface area contributed by atoms with Gasteiger partial charge in [0.1, 0.15) is 10.8 Å². The summed E-state index contributed by atoms with van der Waals surface area (Å²) in [5.74, 6) is -0.260. The largest absolute Gasteiger partial charge is 0.422 e. The topological polar surface area (TPSA) is 68.3 Å². The number of nitrogens with one attached hydrogen (secondary N) is 1. The number of aromatic nitrogens is 1. The number of anilines is 1. The van der Waals surface area contributed by atoms with Crippen molar-refractivity contribution < 1.29 is 14.3 Å². The maximum Gasteiger partial charge on any atom is 0.363 e. The number of nitrogens with zero attached hydrogens (tertiary/aromatic N) is 1. The van der Waals surface area contributed by atoms with Gasteiger partial charge in [-0.1, -0.05) is 6.07 Å². The summed E-state index contributed by atoms with van der Waals surface area (Å²) in [6.07, 6.45) is 0. The predicted octanol–water partition coefficient (Wildman–Crippen LogP) is 4.05. The summed E-state index contributed by atoms with van der Waals surface area (Å²) in [4.78, 5) is 28.4. The Kier molecular flexibility index (Phi) is 4.50. The maximum atomic E-state index is 12.1. The minimum absolute atomic E-state index is 0.154. The van der Waals surface area contributed by atoms with Crippen LogP contribution in [0.2, 0.25) is 0 Å². The molecular weight excluding hydrogens is 332 g/mol. The molecule has 1 amide bonds. The molecule has 3 aromatic rings. The van der Waals surface area contributed by atoms with E-state index in [-0.39, 0.29) is 11.6 Å². The van der Waals surface area contributed by atoms with Crippen molar-refractivity contribution in [3.63, 3.8) is 0 Å². The van der Waals surface area contributed by atoms with Crippen molar-refractivity contribution >= 4 is 40.2 Å². The van der Waals surface area contributed by atoms with Crippen molar-refractivity contribution in [2.75, 3.05) is 5.32 Å². The number of esters is 1. The summed E-state index contributed by atoms with van der Waals surface area (Å²) in [6.45, 7) is 1.43. The molecule has 23 heavy (non-hydrogen) atoms. The van der Waals surface area contributed by atoms with E-state index in [1.54, 1.807) is 41.0 Å². The lowest BCUT2D eigenvalue weighted by Gasteiger charge is -2.04. The van der Waals surface area contributed by atoms with Crippen molar-refractivity contribution in [3.05, 3.63) is 52.9 Å². The van der Waals surface area contributed by atoms with Crippen LogP contribution in [-0.2, 0) is 4.79 Å². The van der Waals surface area contributed by atoms with Crippen LogP contribution in [-0.4, -0.2) is 16.9 Å². The molecule has 0 fully saturated rings. The Morgan fingerprint density at radius 2 is 1.91 bits per heavy atom. The summed E-state index contributed by atoms with van der Waals surface area (Å²) >= 11 is 2.98. The highest BCUT2D eigenvalue weighted by Gasteiger charge is 2.14. The molecule has 2 heterocycles. The molecule has 0 unspecified atom stereocenters. The highest BCUT2D eigenvalue weighted by Crippen LogP contribution is 2.28. The number of thiophene rings is 1. The first kappa shape index (κ1) is 15.4. The Bertz CT molecular complexity index is 823. The molecule has 0 aliphatic heterocycles. The van der Waals surface area contributed by atoms with E-state index < -0.39 is 5.97 Å². The summed E-state index contributed by atoms with van der Waals surface area (Å²) in [7, 11) is 0. The molecule has 0 radical (unpaired) electrons. The third kappa shape index (κ3) is 3.82. The molecule has 1 aromatic carbocycles. The number of hydrogen-bond donors (Lipinski definition) is 1. The molecule has 0 atom stereocenters. The number of benzene rings is 1. The van der Waals surface area contributed by atoms with Crippen LogP contribution >= 0.6 is 22.7 Å². The average molecular weight is 344 g/mol. The lowest BCUT2D eigenvalue weighted by molar-refractivity contribution is -0.114. The minimum Gasteiger partial charge on any atom is -0.422 e. The van der Waals surface area contributed by atoms with Gasteiger partial charge in [0, 0.05) is 18.0 Å². The molecular formula is C16H12N2O3S2. The van der Waals surface area contributed by atoms with Gasteiger partial charge in [0.05, 0.1) is 4.88 Å². The number of ether oxygens (including phenoxy) is 1. The predicted molar refractivity (Wildman–Crippen MR) is 91.1 cm³/mol. The van der Waals surface area contributed by atoms with Crippen molar-refractivity contribution in [2.45, 2.75) is 6.92 Å². The normalized spacial score (nSPS) is 10.3. The third-order valence-electron chi connectivity index (χ3n) is 2.83. The van der Waals surface area contributed by atoms with Crippen LogP contribution in [0.4, 0.5) is 5.69 Å². The second-order valence-corrected chi connectivity index (χ2v) is 6.42. The van der Waals surface area contributed by atoms with Crippen LogP contribution in [0.25, 0.3) is 9.88 Å². The molecule has 5 nitrogen and oxygen atoms in total. The molecule has 7 heteroatoms. The third-order valence-corrected chi connectivity index (χ3v) is 4.71. The molecule has 3 rings (SSSR count). The first-order valence-corrected chi connectivity index (χ1v) is 8.47.